The van der Waals surface area contributed by atoms with Gasteiger partial charge in [0.2, 0.25) is 0 Å². The van der Waals surface area contributed by atoms with Crippen LogP contribution in [0, 0.1) is 5.92 Å². The molecule has 5 heteroatoms. The van der Waals surface area contributed by atoms with Crippen molar-refractivity contribution in [3.63, 3.8) is 0 Å². The molecule has 1 amide bonds. The van der Waals surface area contributed by atoms with Crippen LogP contribution in [0.15, 0.2) is 18.3 Å². The van der Waals surface area contributed by atoms with E-state index >= 15 is 0 Å². The molecule has 17 heavy (non-hydrogen) atoms. The zero-order valence-electron chi connectivity index (χ0n) is 9.40. The lowest BCUT2D eigenvalue weighted by molar-refractivity contribution is 0.0945. The average molecular weight is 255 g/mol. The Morgan fingerprint density at radius 2 is 2.41 bits per heavy atom. The molecule has 0 aromatic carbocycles. The molecule has 0 aliphatic heterocycles. The number of aliphatic hydroxyl groups is 1. The molecule has 1 aromatic rings. The molecule has 2 N–H and O–H groups in total. The van der Waals surface area contributed by atoms with Gasteiger partial charge >= 0.3 is 0 Å². The smallest absolute Gasteiger partial charge is 0.254 e. The fourth-order valence-electron chi connectivity index (χ4n) is 2.12. The Balaban J connectivity index is 1.88. The molecular formula is C12H15ClN2O2. The standard InChI is InChI=1S/C12H15ClN2O2/c13-11-10(2-1-5-14-11)12(17)15-7-8-3-4-9(16)6-8/h1-2,5,8-9,16H,3-4,6-7H2,(H,15,17). The summed E-state index contributed by atoms with van der Waals surface area (Å²) in [6.45, 7) is 0.584. The van der Waals surface area contributed by atoms with Gasteiger partial charge in [0.25, 0.3) is 5.91 Å². The van der Waals surface area contributed by atoms with Gasteiger partial charge in [-0.15, -0.1) is 0 Å². The first-order chi connectivity index (χ1) is 8.16. The van der Waals surface area contributed by atoms with Gasteiger partial charge in [-0.2, -0.15) is 0 Å². The molecule has 2 rings (SSSR count). The molecule has 1 aliphatic carbocycles. The minimum Gasteiger partial charge on any atom is -0.393 e. The van der Waals surface area contributed by atoms with Gasteiger partial charge in [-0.3, -0.25) is 4.79 Å². The number of aliphatic hydroxyl groups excluding tert-OH is 1. The third kappa shape index (κ3) is 3.17. The normalized spacial score (nSPS) is 23.6. The molecule has 92 valence electrons. The zero-order valence-corrected chi connectivity index (χ0v) is 10.2. The van der Waals surface area contributed by atoms with Crippen LogP contribution in [0.3, 0.4) is 0 Å². The lowest BCUT2D eigenvalue weighted by atomic mass is 10.1. The van der Waals surface area contributed by atoms with Crippen LogP contribution in [-0.4, -0.2) is 28.6 Å². The highest BCUT2D eigenvalue weighted by molar-refractivity contribution is 6.32. The van der Waals surface area contributed by atoms with Crippen LogP contribution in [0.1, 0.15) is 29.6 Å². The van der Waals surface area contributed by atoms with Gasteiger partial charge in [-0.25, -0.2) is 4.98 Å². The van der Waals surface area contributed by atoms with Crippen molar-refractivity contribution < 1.29 is 9.90 Å². The Morgan fingerprint density at radius 3 is 3.06 bits per heavy atom. The molecule has 0 spiro atoms. The van der Waals surface area contributed by atoms with Crippen LogP contribution in [0.4, 0.5) is 0 Å². The third-order valence-electron chi connectivity index (χ3n) is 3.07. The molecule has 2 unspecified atom stereocenters. The molecule has 0 saturated heterocycles. The van der Waals surface area contributed by atoms with Crippen molar-refractivity contribution in [2.45, 2.75) is 25.4 Å². The molecule has 1 heterocycles. The summed E-state index contributed by atoms with van der Waals surface area (Å²) in [7, 11) is 0. The van der Waals surface area contributed by atoms with Crippen LogP contribution in [0.2, 0.25) is 5.15 Å². The molecule has 1 aromatic heterocycles. The topological polar surface area (TPSA) is 62.2 Å². The summed E-state index contributed by atoms with van der Waals surface area (Å²) in [5.74, 6) is 0.161. The molecule has 0 bridgehead atoms. The van der Waals surface area contributed by atoms with E-state index in [1.165, 1.54) is 0 Å². The number of hydrogen-bond acceptors (Lipinski definition) is 3. The van der Waals surface area contributed by atoms with E-state index in [2.05, 4.69) is 10.3 Å². The Labute approximate surface area is 105 Å². The van der Waals surface area contributed by atoms with E-state index in [1.807, 2.05) is 0 Å². The Morgan fingerprint density at radius 1 is 1.59 bits per heavy atom. The van der Waals surface area contributed by atoms with Gasteiger partial charge in [-0.05, 0) is 37.3 Å². The molecule has 4 nitrogen and oxygen atoms in total. The second-order valence-corrected chi connectivity index (χ2v) is 4.74. The van der Waals surface area contributed by atoms with E-state index in [0.717, 1.165) is 19.3 Å². The van der Waals surface area contributed by atoms with E-state index in [4.69, 9.17) is 11.6 Å². The maximum atomic E-state index is 11.8. The highest BCUT2D eigenvalue weighted by Crippen LogP contribution is 2.24. The summed E-state index contributed by atoms with van der Waals surface area (Å²) in [6.07, 6.45) is 3.89. The van der Waals surface area contributed by atoms with E-state index in [9.17, 15) is 9.90 Å². The lowest BCUT2D eigenvalue weighted by Gasteiger charge is -2.11. The fraction of sp³-hybridized carbons (Fsp3) is 0.500. The van der Waals surface area contributed by atoms with Crippen LogP contribution in [-0.2, 0) is 0 Å². The van der Waals surface area contributed by atoms with Crippen molar-refractivity contribution >= 4 is 17.5 Å². The molecular weight excluding hydrogens is 240 g/mol. The average Bonchev–Trinajstić information content (AvgIpc) is 2.73. The minimum atomic E-state index is -0.209. The van der Waals surface area contributed by atoms with Crippen LogP contribution < -0.4 is 5.32 Å². The number of amides is 1. The minimum absolute atomic E-state index is 0.204. The first-order valence-corrected chi connectivity index (χ1v) is 6.11. The van der Waals surface area contributed by atoms with Gasteiger partial charge in [0, 0.05) is 12.7 Å². The monoisotopic (exact) mass is 254 g/mol. The summed E-state index contributed by atoms with van der Waals surface area (Å²) in [5, 5.41) is 12.4. The summed E-state index contributed by atoms with van der Waals surface area (Å²) in [5.41, 5.74) is 0.396. The van der Waals surface area contributed by atoms with Crippen molar-refractivity contribution in [1.82, 2.24) is 10.3 Å². The van der Waals surface area contributed by atoms with Crippen molar-refractivity contribution in [3.05, 3.63) is 29.0 Å². The summed E-state index contributed by atoms with van der Waals surface area (Å²) < 4.78 is 0. The zero-order chi connectivity index (χ0) is 12.3. The van der Waals surface area contributed by atoms with Crippen molar-refractivity contribution in [2.24, 2.45) is 5.92 Å². The first-order valence-electron chi connectivity index (χ1n) is 5.73. The Hall–Kier alpha value is -1.13. The molecule has 1 saturated carbocycles. The first kappa shape index (κ1) is 12.3. The van der Waals surface area contributed by atoms with Crippen molar-refractivity contribution in [2.75, 3.05) is 6.54 Å². The third-order valence-corrected chi connectivity index (χ3v) is 3.37. The Bertz CT molecular complexity index is 411. The van der Waals surface area contributed by atoms with Gasteiger partial charge in [0.15, 0.2) is 0 Å². The van der Waals surface area contributed by atoms with Crippen LogP contribution >= 0.6 is 11.6 Å². The number of carbonyl (C=O) groups is 1. The van der Waals surface area contributed by atoms with Gasteiger partial charge in [0.1, 0.15) is 5.15 Å². The van der Waals surface area contributed by atoms with Crippen LogP contribution in [0.25, 0.3) is 0 Å². The number of nitrogens with zero attached hydrogens (tertiary/aromatic N) is 1. The largest absolute Gasteiger partial charge is 0.393 e. The maximum Gasteiger partial charge on any atom is 0.254 e. The molecule has 1 aliphatic rings. The predicted molar refractivity (Wildman–Crippen MR) is 64.9 cm³/mol. The second kappa shape index (κ2) is 5.47. The number of halogens is 1. The van der Waals surface area contributed by atoms with Crippen molar-refractivity contribution in [1.29, 1.82) is 0 Å². The summed E-state index contributed by atoms with van der Waals surface area (Å²) in [6, 6.07) is 3.33. The van der Waals surface area contributed by atoms with Gasteiger partial charge in [-0.1, -0.05) is 11.6 Å². The Kier molecular flexibility index (Phi) is 3.97. The van der Waals surface area contributed by atoms with Crippen LogP contribution in [0.5, 0.6) is 0 Å². The van der Waals surface area contributed by atoms with Gasteiger partial charge < -0.3 is 10.4 Å². The molecule has 0 radical (unpaired) electrons. The number of hydrogen-bond donors (Lipinski definition) is 2. The summed E-state index contributed by atoms with van der Waals surface area (Å²) >= 11 is 5.83. The van der Waals surface area contributed by atoms with E-state index in [-0.39, 0.29) is 17.2 Å². The second-order valence-electron chi connectivity index (χ2n) is 4.38. The number of aromatic nitrogens is 1. The maximum absolute atomic E-state index is 11.8. The lowest BCUT2D eigenvalue weighted by Crippen LogP contribution is -2.29. The highest BCUT2D eigenvalue weighted by Gasteiger charge is 2.23. The van der Waals surface area contributed by atoms with E-state index in [1.54, 1.807) is 18.3 Å². The van der Waals surface area contributed by atoms with E-state index in [0.29, 0.717) is 18.0 Å². The SMILES string of the molecule is O=C(NCC1CCC(O)C1)c1cccnc1Cl. The highest BCUT2D eigenvalue weighted by atomic mass is 35.5. The van der Waals surface area contributed by atoms with E-state index < -0.39 is 0 Å². The number of carbonyl (C=O) groups excluding carboxylic acids is 1. The van der Waals surface area contributed by atoms with Gasteiger partial charge in [0.05, 0.1) is 11.7 Å². The quantitative estimate of drug-likeness (QED) is 0.806. The molecule has 2 atom stereocenters. The molecule has 1 fully saturated rings. The summed E-state index contributed by atoms with van der Waals surface area (Å²) in [4.78, 5) is 15.7. The predicted octanol–water partition coefficient (Wildman–Crippen LogP) is 1.63. The number of pyridine rings is 1. The number of rotatable bonds is 3. The number of nitrogens with one attached hydrogen (secondary N) is 1. The fourth-order valence-corrected chi connectivity index (χ4v) is 2.33. The van der Waals surface area contributed by atoms with Crippen molar-refractivity contribution in [3.8, 4) is 0 Å².